The maximum absolute atomic E-state index is 6.89. The summed E-state index contributed by atoms with van der Waals surface area (Å²) in [6, 6.07) is 0. The van der Waals surface area contributed by atoms with Crippen LogP contribution in [0.4, 0.5) is 0 Å². The van der Waals surface area contributed by atoms with E-state index in [9.17, 15) is 0 Å². The quantitative estimate of drug-likeness (QED) is 0.158. The molecule has 5 heteroatoms. The van der Waals surface area contributed by atoms with Crippen molar-refractivity contribution in [2.75, 3.05) is 0 Å². The van der Waals surface area contributed by atoms with Crippen LogP contribution in [0.5, 0.6) is 0 Å². The van der Waals surface area contributed by atoms with Crippen molar-refractivity contribution in [3.05, 3.63) is 0 Å². The van der Waals surface area contributed by atoms with E-state index >= 15 is 0 Å². The molecule has 0 saturated heterocycles. The van der Waals surface area contributed by atoms with E-state index in [1.165, 1.54) is 77.5 Å². The fourth-order valence-electron chi connectivity index (χ4n) is 2.85. The molecular formula is C20H45Cl3Sn2. The standard InChI is InChI=1S/5C4H9.3ClH.2Sn/c5*1-3-4-2;;;;;/h5*1,3-4H2,2H3;3*1H;;/q;;;;;;;;+1;+2/p-3. The molecule has 0 atom stereocenters. The molecule has 154 valence electrons. The molecule has 0 aromatic heterocycles. The topological polar surface area (TPSA) is 0 Å². The third kappa shape index (κ3) is 21.0. The Balaban J connectivity index is 0. The Kier molecular flexibility index (Phi) is 23.5. The van der Waals surface area contributed by atoms with Crippen LogP contribution in [-0.2, 0) is 0 Å². The van der Waals surface area contributed by atoms with Crippen LogP contribution in [0.2, 0.25) is 22.2 Å². The molecule has 0 aliphatic carbocycles. The molecule has 0 unspecified atom stereocenters. The van der Waals surface area contributed by atoms with E-state index in [0.29, 0.717) is 0 Å². The molecule has 0 aliphatic rings. The Morgan fingerprint density at radius 3 is 0.920 bits per heavy atom. The number of halogens is 3. The van der Waals surface area contributed by atoms with Gasteiger partial charge in [0.2, 0.25) is 0 Å². The van der Waals surface area contributed by atoms with Gasteiger partial charge < -0.3 is 0 Å². The van der Waals surface area contributed by atoms with E-state index in [-0.39, 0.29) is 0 Å². The monoisotopic (exact) mass is 630 g/mol. The van der Waals surface area contributed by atoms with E-state index in [0.717, 1.165) is 8.87 Å². The molecule has 0 saturated carbocycles. The van der Waals surface area contributed by atoms with Crippen LogP contribution in [0.25, 0.3) is 0 Å². The SMILES string of the molecule is CCC[CH2][Sn]([Cl])([CH2]CCC)[CH2]CCC.CCC[CH2][Sn]([Cl])([Cl])[CH2]CCC. The summed E-state index contributed by atoms with van der Waals surface area (Å²) in [5.74, 6) is 0. The van der Waals surface area contributed by atoms with E-state index in [2.05, 4.69) is 34.6 Å². The number of unbranched alkanes of at least 4 members (excludes halogenated alkanes) is 5. The summed E-state index contributed by atoms with van der Waals surface area (Å²) in [6.45, 7) is 11.2. The molecule has 0 N–H and O–H groups in total. The normalized spacial score (nSPS) is 12.0. The molecular weight excluding hydrogens is 584 g/mol. The second-order valence-corrected chi connectivity index (χ2v) is 42.5. The van der Waals surface area contributed by atoms with Gasteiger partial charge in [0, 0.05) is 0 Å². The van der Waals surface area contributed by atoms with Crippen molar-refractivity contribution < 1.29 is 0 Å². The first-order valence-corrected chi connectivity index (χ1v) is 31.8. The molecule has 0 heterocycles. The van der Waals surface area contributed by atoms with E-state index in [4.69, 9.17) is 26.8 Å². The average molecular weight is 629 g/mol. The molecule has 0 aliphatic heterocycles. The second kappa shape index (κ2) is 19.8. The molecule has 0 amide bonds. The van der Waals surface area contributed by atoms with Crippen LogP contribution in [0.1, 0.15) is 98.8 Å². The zero-order chi connectivity index (χ0) is 19.6. The van der Waals surface area contributed by atoms with Gasteiger partial charge in [-0.3, -0.25) is 0 Å². The van der Waals surface area contributed by atoms with Crippen LogP contribution >= 0.6 is 26.8 Å². The van der Waals surface area contributed by atoms with E-state index in [1.807, 2.05) is 0 Å². The number of hydrogen-bond acceptors (Lipinski definition) is 0. The molecule has 0 rings (SSSR count). The molecule has 0 nitrogen and oxygen atoms in total. The van der Waals surface area contributed by atoms with Crippen molar-refractivity contribution >= 4 is 60.1 Å². The molecule has 0 spiro atoms. The minimum absolute atomic E-state index is 1.15. The average Bonchev–Trinajstić information content (AvgIpc) is 2.60. The van der Waals surface area contributed by atoms with Crippen molar-refractivity contribution in [2.45, 2.75) is 121 Å². The van der Waals surface area contributed by atoms with Gasteiger partial charge in [-0.2, -0.15) is 0 Å². The van der Waals surface area contributed by atoms with Crippen molar-refractivity contribution in [3.8, 4) is 0 Å². The third-order valence-electron chi connectivity index (χ3n) is 4.73. The molecule has 0 bridgehead atoms. The minimum atomic E-state index is -2.49. The first-order chi connectivity index (χ1) is 11.8. The van der Waals surface area contributed by atoms with Crippen LogP contribution in [0.15, 0.2) is 0 Å². The van der Waals surface area contributed by atoms with Gasteiger partial charge >= 0.3 is 181 Å². The zero-order valence-corrected chi connectivity index (χ0v) is 25.7. The van der Waals surface area contributed by atoms with E-state index in [1.54, 1.807) is 0 Å². The van der Waals surface area contributed by atoms with Crippen LogP contribution < -0.4 is 0 Å². The summed E-state index contributed by atoms with van der Waals surface area (Å²) < 4.78 is 6.56. The molecule has 0 radical (unpaired) electrons. The molecule has 25 heavy (non-hydrogen) atoms. The van der Waals surface area contributed by atoms with Gasteiger partial charge in [-0.15, -0.1) is 0 Å². The molecule has 0 fully saturated rings. The third-order valence-corrected chi connectivity index (χ3v) is 30.5. The van der Waals surface area contributed by atoms with Gasteiger partial charge in [-0.25, -0.2) is 0 Å². The molecule has 0 aromatic rings. The Labute approximate surface area is 179 Å². The van der Waals surface area contributed by atoms with Crippen LogP contribution in [-0.4, -0.2) is 33.4 Å². The Bertz CT molecular complexity index is 242. The predicted octanol–water partition coefficient (Wildman–Crippen LogP) is 10.1. The fraction of sp³-hybridized carbons (Fsp3) is 1.00. The fourth-order valence-corrected chi connectivity index (χ4v) is 25.4. The van der Waals surface area contributed by atoms with Gasteiger partial charge in [-0.1, -0.05) is 0 Å². The van der Waals surface area contributed by atoms with Crippen LogP contribution in [0.3, 0.4) is 0 Å². The summed E-state index contributed by atoms with van der Waals surface area (Å²) >= 11 is -4.58. The van der Waals surface area contributed by atoms with Gasteiger partial charge in [0.1, 0.15) is 0 Å². The van der Waals surface area contributed by atoms with Crippen molar-refractivity contribution in [1.29, 1.82) is 0 Å². The van der Waals surface area contributed by atoms with Gasteiger partial charge in [0.25, 0.3) is 0 Å². The number of hydrogen-bond donors (Lipinski definition) is 0. The summed E-state index contributed by atoms with van der Waals surface area (Å²) in [4.78, 5) is 0. The maximum atomic E-state index is 6.89. The van der Waals surface area contributed by atoms with Gasteiger partial charge in [-0.05, 0) is 0 Å². The van der Waals surface area contributed by atoms with Gasteiger partial charge in [0.15, 0.2) is 0 Å². The Hall–Kier alpha value is 2.47. The summed E-state index contributed by atoms with van der Waals surface area (Å²) in [5, 5.41) is 0. The van der Waals surface area contributed by atoms with E-state index < -0.39 is 33.4 Å². The number of rotatable bonds is 15. The van der Waals surface area contributed by atoms with Crippen molar-refractivity contribution in [1.82, 2.24) is 0 Å². The predicted molar refractivity (Wildman–Crippen MR) is 128 cm³/mol. The Morgan fingerprint density at radius 1 is 0.440 bits per heavy atom. The first-order valence-electron chi connectivity index (χ1n) is 10.9. The Morgan fingerprint density at radius 2 is 0.680 bits per heavy atom. The van der Waals surface area contributed by atoms with Crippen molar-refractivity contribution in [3.63, 3.8) is 0 Å². The summed E-state index contributed by atoms with van der Waals surface area (Å²) in [5.41, 5.74) is 0. The van der Waals surface area contributed by atoms with Gasteiger partial charge in [0.05, 0.1) is 0 Å². The second-order valence-electron chi connectivity index (χ2n) is 7.52. The van der Waals surface area contributed by atoms with Crippen molar-refractivity contribution in [2.24, 2.45) is 0 Å². The summed E-state index contributed by atoms with van der Waals surface area (Å²) in [7, 11) is 19.4. The zero-order valence-electron chi connectivity index (χ0n) is 17.7. The molecule has 0 aromatic carbocycles. The first kappa shape index (κ1) is 29.7. The van der Waals surface area contributed by atoms with Crippen LogP contribution in [0, 0.1) is 0 Å². The summed E-state index contributed by atoms with van der Waals surface area (Å²) in [6.07, 6.45) is 13.0.